The van der Waals surface area contributed by atoms with Gasteiger partial charge in [0.2, 0.25) is 0 Å². The summed E-state index contributed by atoms with van der Waals surface area (Å²) in [5.74, 6) is 0.397. The summed E-state index contributed by atoms with van der Waals surface area (Å²) in [6, 6.07) is 19.0. The Kier molecular flexibility index (Phi) is 8.36. The molecule has 1 aliphatic heterocycles. The highest BCUT2D eigenvalue weighted by atomic mass is 16.5. The molecule has 4 rings (SSSR count). The molecule has 1 saturated heterocycles. The molecular weight excluding hydrogens is 482 g/mol. The second kappa shape index (κ2) is 11.9. The molecular formula is C31H33NO6. The minimum atomic E-state index is -0.797. The number of benzene rings is 3. The van der Waals surface area contributed by atoms with Crippen LogP contribution in [0.15, 0.2) is 72.3 Å². The fourth-order valence-corrected chi connectivity index (χ4v) is 4.58. The number of amides is 1. The molecule has 0 bridgehead atoms. The van der Waals surface area contributed by atoms with Gasteiger partial charge in [-0.3, -0.25) is 9.59 Å². The number of carbonyl (C=O) groups excluding carboxylic acids is 2. The first kappa shape index (κ1) is 26.8. The van der Waals surface area contributed by atoms with Crippen molar-refractivity contribution in [2.24, 2.45) is 0 Å². The average molecular weight is 516 g/mol. The smallest absolute Gasteiger partial charge is 0.295 e. The van der Waals surface area contributed by atoms with Crippen molar-refractivity contribution in [2.45, 2.75) is 39.8 Å². The number of ketones is 1. The lowest BCUT2D eigenvalue weighted by atomic mass is 9.94. The molecule has 0 aromatic heterocycles. The van der Waals surface area contributed by atoms with Gasteiger partial charge in [-0.2, -0.15) is 0 Å². The first-order valence-electron chi connectivity index (χ1n) is 12.8. The average Bonchev–Trinajstić information content (AvgIpc) is 3.17. The van der Waals surface area contributed by atoms with E-state index in [1.165, 1.54) is 4.90 Å². The Hall–Kier alpha value is -4.26. The van der Waals surface area contributed by atoms with Crippen molar-refractivity contribution < 1.29 is 28.9 Å². The Morgan fingerprint density at radius 2 is 1.71 bits per heavy atom. The largest absolute Gasteiger partial charge is 0.507 e. The maximum absolute atomic E-state index is 13.4. The van der Waals surface area contributed by atoms with Crippen LogP contribution in [0.5, 0.6) is 17.2 Å². The Labute approximate surface area is 223 Å². The summed E-state index contributed by atoms with van der Waals surface area (Å²) in [6.45, 7) is 7.03. The maximum atomic E-state index is 13.4. The van der Waals surface area contributed by atoms with E-state index in [2.05, 4.69) is 0 Å². The molecule has 3 aromatic carbocycles. The van der Waals surface area contributed by atoms with Gasteiger partial charge in [0, 0.05) is 12.1 Å². The lowest BCUT2D eigenvalue weighted by molar-refractivity contribution is -0.140. The second-order valence-electron chi connectivity index (χ2n) is 9.11. The maximum Gasteiger partial charge on any atom is 0.295 e. The number of aliphatic hydroxyl groups is 1. The number of hydrogen-bond acceptors (Lipinski definition) is 6. The zero-order valence-electron chi connectivity index (χ0n) is 22.2. The fraction of sp³-hybridized carbons (Fsp3) is 0.290. The molecule has 0 aliphatic carbocycles. The number of likely N-dealkylation sites (tertiary alicyclic amines) is 1. The first-order valence-corrected chi connectivity index (χ1v) is 12.8. The van der Waals surface area contributed by atoms with Crippen LogP contribution in [0.4, 0.5) is 0 Å². The normalized spacial score (nSPS) is 16.5. The highest BCUT2D eigenvalue weighted by Gasteiger charge is 2.46. The predicted octanol–water partition coefficient (Wildman–Crippen LogP) is 5.81. The van der Waals surface area contributed by atoms with E-state index in [0.717, 1.165) is 17.5 Å². The summed E-state index contributed by atoms with van der Waals surface area (Å²) in [5.41, 5.74) is 2.81. The van der Waals surface area contributed by atoms with E-state index in [4.69, 9.17) is 14.2 Å². The Morgan fingerprint density at radius 3 is 2.37 bits per heavy atom. The van der Waals surface area contributed by atoms with Crippen LogP contribution in [-0.4, -0.2) is 42.0 Å². The molecule has 1 N–H and O–H groups in total. The van der Waals surface area contributed by atoms with Gasteiger partial charge >= 0.3 is 0 Å². The van der Waals surface area contributed by atoms with Crippen LogP contribution in [0.1, 0.15) is 48.6 Å². The summed E-state index contributed by atoms with van der Waals surface area (Å²) in [5, 5.41) is 11.4. The van der Waals surface area contributed by atoms with Crippen LogP contribution in [-0.2, 0) is 16.1 Å². The van der Waals surface area contributed by atoms with Gasteiger partial charge in [-0.1, -0.05) is 31.2 Å². The van der Waals surface area contributed by atoms with Gasteiger partial charge < -0.3 is 24.2 Å². The second-order valence-corrected chi connectivity index (χ2v) is 9.11. The van der Waals surface area contributed by atoms with Gasteiger partial charge in [-0.15, -0.1) is 0 Å². The summed E-state index contributed by atoms with van der Waals surface area (Å²) in [6.07, 6.45) is 0.875. The Balaban J connectivity index is 1.81. The highest BCUT2D eigenvalue weighted by Crippen LogP contribution is 2.41. The molecule has 1 unspecified atom stereocenters. The molecule has 0 spiro atoms. The molecule has 1 aliphatic rings. The third kappa shape index (κ3) is 5.52. The minimum Gasteiger partial charge on any atom is -0.507 e. The zero-order chi connectivity index (χ0) is 27.2. The number of aliphatic hydroxyl groups excluding tert-OH is 1. The molecule has 3 aromatic rings. The van der Waals surface area contributed by atoms with Crippen molar-refractivity contribution in [1.82, 2.24) is 4.90 Å². The van der Waals surface area contributed by atoms with Crippen LogP contribution >= 0.6 is 0 Å². The van der Waals surface area contributed by atoms with Gasteiger partial charge in [-0.05, 0) is 79.4 Å². The van der Waals surface area contributed by atoms with Crippen LogP contribution in [0.2, 0.25) is 0 Å². The minimum absolute atomic E-state index is 0.0405. The summed E-state index contributed by atoms with van der Waals surface area (Å²) >= 11 is 0. The molecule has 1 fully saturated rings. The lowest BCUT2D eigenvalue weighted by Crippen LogP contribution is -2.29. The van der Waals surface area contributed by atoms with Crippen molar-refractivity contribution >= 4 is 17.4 Å². The van der Waals surface area contributed by atoms with Crippen LogP contribution in [0.3, 0.4) is 0 Å². The van der Waals surface area contributed by atoms with E-state index in [-0.39, 0.29) is 17.9 Å². The molecule has 0 saturated carbocycles. The van der Waals surface area contributed by atoms with Gasteiger partial charge in [-0.25, -0.2) is 0 Å². The highest BCUT2D eigenvalue weighted by molar-refractivity contribution is 6.46. The Bertz CT molecular complexity index is 1340. The van der Waals surface area contributed by atoms with Gasteiger partial charge in [0.15, 0.2) is 0 Å². The SMILES string of the molecule is CCCOc1ccc(/C(O)=C2\C(=O)C(=O)N(Cc3ccc(OC)cc3)C2c2cccc(OCC)c2)cc1C. The summed E-state index contributed by atoms with van der Waals surface area (Å²) < 4.78 is 16.7. The first-order chi connectivity index (χ1) is 18.4. The number of methoxy groups -OCH3 is 1. The quantitative estimate of drug-likeness (QED) is 0.208. The van der Waals surface area contributed by atoms with Crippen LogP contribution in [0, 0.1) is 6.92 Å². The molecule has 38 heavy (non-hydrogen) atoms. The third-order valence-corrected chi connectivity index (χ3v) is 6.45. The van der Waals surface area contributed by atoms with Gasteiger partial charge in [0.25, 0.3) is 11.7 Å². The zero-order valence-corrected chi connectivity index (χ0v) is 22.2. The number of Topliss-reactive ketones (excluding diaryl/α,β-unsaturated/α-hetero) is 1. The molecule has 1 amide bonds. The molecule has 7 nitrogen and oxygen atoms in total. The van der Waals surface area contributed by atoms with Gasteiger partial charge in [0.1, 0.15) is 23.0 Å². The molecule has 1 atom stereocenters. The van der Waals surface area contributed by atoms with Gasteiger partial charge in [0.05, 0.1) is 31.9 Å². The summed E-state index contributed by atoms with van der Waals surface area (Å²) in [7, 11) is 1.59. The van der Waals surface area contributed by atoms with Crippen molar-refractivity contribution in [3.63, 3.8) is 0 Å². The number of aryl methyl sites for hydroxylation is 1. The number of nitrogens with zero attached hydrogens (tertiary/aromatic N) is 1. The predicted molar refractivity (Wildman–Crippen MR) is 145 cm³/mol. The van der Waals surface area contributed by atoms with E-state index < -0.39 is 17.7 Å². The molecule has 7 heteroatoms. The molecule has 198 valence electrons. The number of carbonyl (C=O) groups is 2. The summed E-state index contributed by atoms with van der Waals surface area (Å²) in [4.78, 5) is 28.3. The van der Waals surface area contributed by atoms with Crippen molar-refractivity contribution in [2.75, 3.05) is 20.3 Å². The van der Waals surface area contributed by atoms with Crippen LogP contribution < -0.4 is 14.2 Å². The fourth-order valence-electron chi connectivity index (χ4n) is 4.58. The van der Waals surface area contributed by atoms with Crippen molar-refractivity contribution in [1.29, 1.82) is 0 Å². The standard InChI is InChI=1S/C31H33NO6/c1-5-16-38-26-15-12-23(17-20(26)3)29(33)27-28(22-8-7-9-25(18-22)37-6-2)32(31(35)30(27)34)19-21-10-13-24(36-4)14-11-21/h7-15,17-18,28,33H,5-6,16,19H2,1-4H3/b29-27+. The molecule has 1 heterocycles. The van der Waals surface area contributed by atoms with E-state index in [1.807, 2.05) is 63.2 Å². The third-order valence-electron chi connectivity index (χ3n) is 6.45. The molecule has 0 radical (unpaired) electrons. The lowest BCUT2D eigenvalue weighted by Gasteiger charge is -2.26. The van der Waals surface area contributed by atoms with Crippen LogP contribution in [0.25, 0.3) is 5.76 Å². The van der Waals surface area contributed by atoms with E-state index in [9.17, 15) is 14.7 Å². The van der Waals surface area contributed by atoms with E-state index in [0.29, 0.717) is 41.6 Å². The topological polar surface area (TPSA) is 85.3 Å². The van der Waals surface area contributed by atoms with E-state index in [1.54, 1.807) is 31.4 Å². The number of hydrogen-bond donors (Lipinski definition) is 1. The number of ether oxygens (including phenoxy) is 3. The number of rotatable bonds is 10. The van der Waals surface area contributed by atoms with E-state index >= 15 is 0 Å². The monoisotopic (exact) mass is 515 g/mol. The van der Waals surface area contributed by atoms with Crippen molar-refractivity contribution in [3.05, 3.63) is 94.6 Å². The Morgan fingerprint density at radius 1 is 0.947 bits per heavy atom. The van der Waals surface area contributed by atoms with Crippen molar-refractivity contribution in [3.8, 4) is 17.2 Å².